The second-order valence-electron chi connectivity index (χ2n) is 5.76. The smallest absolute Gasteiger partial charge is 0.306 e. The Morgan fingerprint density at radius 2 is 1.64 bits per heavy atom. The maximum Gasteiger partial charge on any atom is 0.344 e. The third-order valence-electron chi connectivity index (χ3n) is 4.42. The average molecular weight is 352 g/mol. The van der Waals surface area contributed by atoms with Crippen molar-refractivity contribution in [2.45, 2.75) is 0 Å². The van der Waals surface area contributed by atoms with Crippen molar-refractivity contribution < 1.29 is 4.79 Å². The van der Waals surface area contributed by atoms with Gasteiger partial charge in [-0.1, -0.05) is 48.5 Å². The molecule has 4 rings (SSSR count). The molecule has 3 aromatic carbocycles. The first-order valence-electron chi connectivity index (χ1n) is 7.88. The zero-order chi connectivity index (χ0) is 17.4. The highest BCUT2D eigenvalue weighted by Crippen LogP contribution is 2.48. The van der Waals surface area contributed by atoms with Gasteiger partial charge in [0.2, 0.25) is 0 Å². The average Bonchev–Trinajstić information content (AvgIpc) is 2.97. The van der Waals surface area contributed by atoms with E-state index in [0.717, 1.165) is 26.9 Å². The molecule has 1 aliphatic rings. The third-order valence-corrected chi connectivity index (χ3v) is 4.59. The highest BCUT2D eigenvalue weighted by atomic mass is 35.5. The molecule has 25 heavy (non-hydrogen) atoms. The van der Waals surface area contributed by atoms with Crippen molar-refractivity contribution in [1.82, 2.24) is 5.01 Å². The van der Waals surface area contributed by atoms with Crippen molar-refractivity contribution in [3.8, 4) is 22.3 Å². The van der Waals surface area contributed by atoms with E-state index in [2.05, 4.69) is 28.8 Å². The van der Waals surface area contributed by atoms with E-state index < -0.39 is 6.03 Å². The standard InChI is InChI=1S/C19H14ClN3O2/c20-10-11-23(22-25)19(24)21-17-9-8-15-13-5-2-1-4-12(13)14-6-3-7-16(17)18(14)15/h1-9H,10-11H2,(H,21,24). The van der Waals surface area contributed by atoms with Crippen LogP contribution in [0.2, 0.25) is 0 Å². The van der Waals surface area contributed by atoms with Crippen LogP contribution in [0.15, 0.2) is 59.9 Å². The van der Waals surface area contributed by atoms with Crippen molar-refractivity contribution in [3.05, 3.63) is 59.5 Å². The zero-order valence-corrected chi connectivity index (χ0v) is 14.0. The summed E-state index contributed by atoms with van der Waals surface area (Å²) in [6.07, 6.45) is 0. The van der Waals surface area contributed by atoms with Gasteiger partial charge in [0.05, 0.1) is 17.5 Å². The summed E-state index contributed by atoms with van der Waals surface area (Å²) < 4.78 is 0. The number of nitrogens with zero attached hydrogens (tertiary/aromatic N) is 2. The maximum absolute atomic E-state index is 12.2. The molecule has 0 spiro atoms. The monoisotopic (exact) mass is 351 g/mol. The molecule has 0 aliphatic heterocycles. The summed E-state index contributed by atoms with van der Waals surface area (Å²) in [5.41, 5.74) is 5.30. The molecule has 5 nitrogen and oxygen atoms in total. The molecule has 6 heteroatoms. The number of carbonyl (C=O) groups excluding carboxylic acids is 1. The van der Waals surface area contributed by atoms with E-state index in [9.17, 15) is 9.70 Å². The molecule has 1 aliphatic carbocycles. The molecule has 1 N–H and O–H groups in total. The topological polar surface area (TPSA) is 61.8 Å². The Morgan fingerprint density at radius 1 is 0.960 bits per heavy atom. The molecule has 124 valence electrons. The van der Waals surface area contributed by atoms with Crippen LogP contribution in [0.25, 0.3) is 33.0 Å². The van der Waals surface area contributed by atoms with E-state index in [1.807, 2.05) is 36.4 Å². The lowest BCUT2D eigenvalue weighted by Gasteiger charge is -2.15. The van der Waals surface area contributed by atoms with Gasteiger partial charge in [-0.05, 0) is 33.7 Å². The molecule has 3 aromatic rings. The molecule has 0 aromatic heterocycles. The number of rotatable bonds is 4. The molecular weight excluding hydrogens is 338 g/mol. The van der Waals surface area contributed by atoms with E-state index >= 15 is 0 Å². The predicted octanol–water partition coefficient (Wildman–Crippen LogP) is 5.24. The van der Waals surface area contributed by atoms with Crippen LogP contribution in [0.1, 0.15) is 0 Å². The quantitative estimate of drug-likeness (QED) is 0.310. The van der Waals surface area contributed by atoms with Crippen LogP contribution in [-0.2, 0) is 0 Å². The fourth-order valence-electron chi connectivity index (χ4n) is 3.36. The first kappa shape index (κ1) is 15.6. The van der Waals surface area contributed by atoms with Crippen molar-refractivity contribution in [1.29, 1.82) is 0 Å². The fraction of sp³-hybridized carbons (Fsp3) is 0.105. The second-order valence-corrected chi connectivity index (χ2v) is 6.14. The van der Waals surface area contributed by atoms with Crippen molar-refractivity contribution >= 4 is 34.1 Å². The predicted molar refractivity (Wildman–Crippen MR) is 101 cm³/mol. The molecule has 0 radical (unpaired) electrons. The van der Waals surface area contributed by atoms with Crippen LogP contribution in [0.4, 0.5) is 10.5 Å². The lowest BCUT2D eigenvalue weighted by Crippen LogP contribution is -2.31. The molecule has 0 saturated heterocycles. The van der Waals surface area contributed by atoms with Gasteiger partial charge >= 0.3 is 6.03 Å². The zero-order valence-electron chi connectivity index (χ0n) is 13.2. The summed E-state index contributed by atoms with van der Waals surface area (Å²) in [6, 6.07) is 17.5. The van der Waals surface area contributed by atoms with Gasteiger partial charge in [0.15, 0.2) is 0 Å². The van der Waals surface area contributed by atoms with Gasteiger partial charge in [-0.2, -0.15) is 5.01 Å². The van der Waals surface area contributed by atoms with Crippen LogP contribution >= 0.6 is 11.6 Å². The van der Waals surface area contributed by atoms with Gasteiger partial charge in [-0.15, -0.1) is 16.5 Å². The molecule has 0 heterocycles. The lowest BCUT2D eigenvalue weighted by atomic mass is 10.0. The molecule has 0 bridgehead atoms. The molecule has 0 atom stereocenters. The largest absolute Gasteiger partial charge is 0.344 e. The van der Waals surface area contributed by atoms with Crippen LogP contribution < -0.4 is 5.32 Å². The van der Waals surface area contributed by atoms with Crippen LogP contribution in [0.5, 0.6) is 0 Å². The van der Waals surface area contributed by atoms with E-state index in [1.54, 1.807) is 0 Å². The Morgan fingerprint density at radius 3 is 2.32 bits per heavy atom. The van der Waals surface area contributed by atoms with Gasteiger partial charge in [-0.3, -0.25) is 0 Å². The van der Waals surface area contributed by atoms with Gasteiger partial charge in [0.25, 0.3) is 0 Å². The number of fused-ring (bicyclic) bond motifs is 3. The SMILES string of the molecule is O=NN(CCCl)C(=O)Nc1ccc2c3c(cccc13)-c1ccccc1-2. The number of alkyl halides is 1. The van der Waals surface area contributed by atoms with Crippen molar-refractivity contribution in [3.63, 3.8) is 0 Å². The summed E-state index contributed by atoms with van der Waals surface area (Å²) in [4.78, 5) is 23.1. The van der Waals surface area contributed by atoms with Crippen LogP contribution in [0, 0.1) is 4.91 Å². The van der Waals surface area contributed by atoms with E-state index in [1.165, 1.54) is 11.1 Å². The number of carbonyl (C=O) groups is 1. The third kappa shape index (κ3) is 2.44. The summed E-state index contributed by atoms with van der Waals surface area (Å²) in [5.74, 6) is 0.137. The first-order valence-corrected chi connectivity index (χ1v) is 8.41. The molecule has 0 unspecified atom stereocenters. The molecular formula is C19H14ClN3O2. The van der Waals surface area contributed by atoms with Gasteiger partial charge in [-0.25, -0.2) is 4.79 Å². The molecule has 2 amide bonds. The van der Waals surface area contributed by atoms with Crippen molar-refractivity contribution in [2.75, 3.05) is 17.7 Å². The van der Waals surface area contributed by atoms with Gasteiger partial charge in [0, 0.05) is 11.3 Å². The number of nitrogens with one attached hydrogen (secondary N) is 1. The Bertz CT molecular complexity index is 974. The van der Waals surface area contributed by atoms with E-state index in [4.69, 9.17) is 11.6 Å². The number of hydrogen-bond acceptors (Lipinski definition) is 3. The normalized spacial score (nSPS) is 11.2. The number of hydrogen-bond donors (Lipinski definition) is 1. The van der Waals surface area contributed by atoms with E-state index in [0.29, 0.717) is 5.69 Å². The Kier molecular flexibility index (Phi) is 3.86. The summed E-state index contributed by atoms with van der Waals surface area (Å²) in [6.45, 7) is 0.0591. The van der Waals surface area contributed by atoms with E-state index in [-0.39, 0.29) is 12.4 Å². The Balaban J connectivity index is 1.80. The maximum atomic E-state index is 12.2. The lowest BCUT2D eigenvalue weighted by molar-refractivity contribution is 0.216. The van der Waals surface area contributed by atoms with Crippen LogP contribution in [-0.4, -0.2) is 23.5 Å². The number of benzene rings is 3. The fourth-order valence-corrected chi connectivity index (χ4v) is 3.52. The highest BCUT2D eigenvalue weighted by Gasteiger charge is 2.23. The first-order chi connectivity index (χ1) is 12.2. The summed E-state index contributed by atoms with van der Waals surface area (Å²) in [5, 5.41) is 8.30. The van der Waals surface area contributed by atoms with Gasteiger partial charge in [0.1, 0.15) is 0 Å². The minimum absolute atomic E-state index is 0.0591. The molecule has 0 saturated carbocycles. The molecule has 0 fully saturated rings. The van der Waals surface area contributed by atoms with Gasteiger partial charge < -0.3 is 5.32 Å². The number of urea groups is 1. The summed E-state index contributed by atoms with van der Waals surface area (Å²) >= 11 is 5.60. The number of nitroso groups, excluding NO2 is 1. The Labute approximate surface area is 149 Å². The summed E-state index contributed by atoms with van der Waals surface area (Å²) in [7, 11) is 0. The minimum atomic E-state index is -0.591. The Hall–Kier alpha value is -2.92. The second kappa shape index (κ2) is 6.18. The van der Waals surface area contributed by atoms with Crippen molar-refractivity contribution in [2.24, 2.45) is 5.29 Å². The highest BCUT2D eigenvalue weighted by molar-refractivity contribution is 6.19. The number of amides is 2. The van der Waals surface area contributed by atoms with Crippen LogP contribution in [0.3, 0.4) is 0 Å². The number of anilines is 1. The minimum Gasteiger partial charge on any atom is -0.306 e. The number of halogens is 1.